The molecule has 3 N–H and O–H groups in total. The van der Waals surface area contributed by atoms with Crippen LogP contribution in [0.25, 0.3) is 0 Å². The fourth-order valence-corrected chi connectivity index (χ4v) is 3.45. The Hall–Kier alpha value is -1.22. The number of nitrogen functional groups attached to an aromatic ring is 1. The molecule has 18 heavy (non-hydrogen) atoms. The van der Waals surface area contributed by atoms with Crippen LogP contribution in [0.4, 0.5) is 11.4 Å². The Labute approximate surface area is 109 Å². The molecule has 3 rings (SSSR count). The first-order chi connectivity index (χ1) is 8.75. The normalized spacial score (nSPS) is 27.9. The van der Waals surface area contributed by atoms with Crippen molar-refractivity contribution in [2.24, 2.45) is 0 Å². The maximum atomic E-state index is 10.2. The van der Waals surface area contributed by atoms with Crippen LogP contribution >= 0.6 is 0 Å². The summed E-state index contributed by atoms with van der Waals surface area (Å²) in [7, 11) is 0. The predicted octanol–water partition coefficient (Wildman–Crippen LogP) is 2.32. The van der Waals surface area contributed by atoms with E-state index in [0.29, 0.717) is 6.04 Å². The van der Waals surface area contributed by atoms with Crippen molar-refractivity contribution in [3.05, 3.63) is 23.8 Å². The summed E-state index contributed by atoms with van der Waals surface area (Å²) in [6, 6.07) is 6.51. The molecule has 2 aliphatic rings. The lowest BCUT2D eigenvalue weighted by Crippen LogP contribution is -2.47. The third-order valence-corrected chi connectivity index (χ3v) is 4.35. The third kappa shape index (κ3) is 2.07. The van der Waals surface area contributed by atoms with Gasteiger partial charge >= 0.3 is 0 Å². The Morgan fingerprint density at radius 2 is 2.00 bits per heavy atom. The summed E-state index contributed by atoms with van der Waals surface area (Å²) in [4.78, 5) is 2.42. The minimum Gasteiger partial charge on any atom is -0.399 e. The number of fused-ring (bicyclic) bond motifs is 1. The highest BCUT2D eigenvalue weighted by atomic mass is 16.3. The minimum atomic E-state index is -0.165. The van der Waals surface area contributed by atoms with Crippen LogP contribution in [0.5, 0.6) is 0 Å². The van der Waals surface area contributed by atoms with Crippen LogP contribution in [0.2, 0.25) is 0 Å². The second kappa shape index (κ2) is 4.81. The lowest BCUT2D eigenvalue weighted by atomic mass is 9.89. The average molecular weight is 246 g/mol. The Balaban J connectivity index is 1.90. The van der Waals surface area contributed by atoms with Crippen molar-refractivity contribution in [2.75, 3.05) is 17.2 Å². The van der Waals surface area contributed by atoms with Crippen LogP contribution < -0.4 is 10.6 Å². The van der Waals surface area contributed by atoms with Gasteiger partial charge in [-0.15, -0.1) is 0 Å². The average Bonchev–Trinajstić information content (AvgIpc) is 2.38. The number of rotatable bonds is 1. The molecule has 1 aliphatic heterocycles. The molecule has 0 aromatic heterocycles. The van der Waals surface area contributed by atoms with Crippen LogP contribution in [0.3, 0.4) is 0 Å². The van der Waals surface area contributed by atoms with Crippen LogP contribution in [0.15, 0.2) is 18.2 Å². The van der Waals surface area contributed by atoms with Gasteiger partial charge in [0.05, 0.1) is 12.1 Å². The molecule has 0 saturated heterocycles. The molecule has 2 unspecified atom stereocenters. The molecule has 3 nitrogen and oxygen atoms in total. The molecule has 0 amide bonds. The lowest BCUT2D eigenvalue weighted by molar-refractivity contribution is 0.103. The van der Waals surface area contributed by atoms with Crippen LogP contribution in [-0.4, -0.2) is 23.8 Å². The highest BCUT2D eigenvalue weighted by Gasteiger charge is 2.31. The summed E-state index contributed by atoms with van der Waals surface area (Å²) in [5, 5.41) is 10.2. The van der Waals surface area contributed by atoms with Gasteiger partial charge in [-0.2, -0.15) is 0 Å². The van der Waals surface area contributed by atoms with E-state index in [0.717, 1.165) is 31.5 Å². The van der Waals surface area contributed by atoms with Gasteiger partial charge in [-0.25, -0.2) is 0 Å². The number of hydrogen-bond acceptors (Lipinski definition) is 3. The smallest absolute Gasteiger partial charge is 0.0743 e. The van der Waals surface area contributed by atoms with E-state index in [4.69, 9.17) is 5.73 Å². The van der Waals surface area contributed by atoms with Gasteiger partial charge in [0.2, 0.25) is 0 Å². The molecule has 0 bridgehead atoms. The van der Waals surface area contributed by atoms with Gasteiger partial charge in [0, 0.05) is 17.9 Å². The van der Waals surface area contributed by atoms with Crippen molar-refractivity contribution < 1.29 is 5.11 Å². The van der Waals surface area contributed by atoms with E-state index in [1.54, 1.807) is 0 Å². The molecule has 0 radical (unpaired) electrons. The fraction of sp³-hybridized carbons (Fsp3) is 0.600. The molecule has 1 aromatic rings. The third-order valence-electron chi connectivity index (χ3n) is 4.35. The van der Waals surface area contributed by atoms with E-state index in [1.807, 2.05) is 6.07 Å². The summed E-state index contributed by atoms with van der Waals surface area (Å²) in [6.45, 7) is 1.07. The molecule has 1 heterocycles. The van der Waals surface area contributed by atoms with Gasteiger partial charge in [-0.3, -0.25) is 0 Å². The van der Waals surface area contributed by atoms with E-state index in [9.17, 15) is 5.11 Å². The zero-order chi connectivity index (χ0) is 12.5. The van der Waals surface area contributed by atoms with Crippen molar-refractivity contribution in [1.82, 2.24) is 0 Å². The SMILES string of the molecule is Nc1ccc2c(c1)CCCN2C1CCCCC1O. The van der Waals surface area contributed by atoms with Crippen molar-refractivity contribution in [3.63, 3.8) is 0 Å². The van der Waals surface area contributed by atoms with E-state index < -0.39 is 0 Å². The number of benzene rings is 1. The van der Waals surface area contributed by atoms with Gasteiger partial charge in [-0.1, -0.05) is 12.8 Å². The standard InChI is InChI=1S/C15H22N2O/c16-12-7-8-13-11(10-12)4-3-9-17(13)14-5-1-2-6-15(14)18/h7-8,10,14-15,18H,1-6,9,16H2. The van der Waals surface area contributed by atoms with Crippen molar-refractivity contribution in [3.8, 4) is 0 Å². The number of aliphatic hydroxyl groups is 1. The zero-order valence-electron chi connectivity index (χ0n) is 10.8. The summed E-state index contributed by atoms with van der Waals surface area (Å²) < 4.78 is 0. The van der Waals surface area contributed by atoms with Crippen LogP contribution in [-0.2, 0) is 6.42 Å². The summed E-state index contributed by atoms with van der Waals surface area (Å²) in [5.74, 6) is 0. The van der Waals surface area contributed by atoms with Crippen molar-refractivity contribution in [2.45, 2.75) is 50.7 Å². The maximum absolute atomic E-state index is 10.2. The van der Waals surface area contributed by atoms with Crippen LogP contribution in [0, 0.1) is 0 Å². The van der Waals surface area contributed by atoms with E-state index in [2.05, 4.69) is 17.0 Å². The van der Waals surface area contributed by atoms with E-state index in [-0.39, 0.29) is 6.10 Å². The molecule has 3 heteroatoms. The molecule has 1 fully saturated rings. The topological polar surface area (TPSA) is 49.5 Å². The molecule has 2 atom stereocenters. The minimum absolute atomic E-state index is 0.165. The largest absolute Gasteiger partial charge is 0.399 e. The number of nitrogens with zero attached hydrogens (tertiary/aromatic N) is 1. The molecule has 0 spiro atoms. The van der Waals surface area contributed by atoms with Gasteiger partial charge in [0.25, 0.3) is 0 Å². The Morgan fingerprint density at radius 1 is 1.17 bits per heavy atom. The molecule has 1 aromatic carbocycles. The summed E-state index contributed by atoms with van der Waals surface area (Å²) in [6.07, 6.45) is 6.58. The molecular weight excluding hydrogens is 224 g/mol. The Kier molecular flexibility index (Phi) is 3.16. The first-order valence-corrected chi connectivity index (χ1v) is 7.09. The molecular formula is C15H22N2O. The zero-order valence-corrected chi connectivity index (χ0v) is 10.8. The first-order valence-electron chi connectivity index (χ1n) is 7.09. The summed E-state index contributed by atoms with van der Waals surface area (Å²) >= 11 is 0. The second-order valence-corrected chi connectivity index (χ2v) is 5.60. The quantitative estimate of drug-likeness (QED) is 0.748. The number of hydrogen-bond donors (Lipinski definition) is 2. The highest BCUT2D eigenvalue weighted by molar-refractivity contribution is 5.61. The molecule has 1 saturated carbocycles. The molecule has 1 aliphatic carbocycles. The monoisotopic (exact) mass is 246 g/mol. The number of anilines is 2. The first kappa shape index (κ1) is 11.8. The highest BCUT2D eigenvalue weighted by Crippen LogP contribution is 2.34. The maximum Gasteiger partial charge on any atom is 0.0743 e. The van der Waals surface area contributed by atoms with E-state index in [1.165, 1.54) is 30.5 Å². The number of nitrogens with two attached hydrogens (primary N) is 1. The number of aliphatic hydroxyl groups excluding tert-OH is 1. The second-order valence-electron chi connectivity index (χ2n) is 5.60. The summed E-state index contributed by atoms with van der Waals surface area (Å²) in [5.41, 5.74) is 9.35. The number of aryl methyl sites for hydroxylation is 1. The van der Waals surface area contributed by atoms with Gasteiger partial charge < -0.3 is 15.7 Å². The van der Waals surface area contributed by atoms with Gasteiger partial charge in [-0.05, 0) is 49.4 Å². The van der Waals surface area contributed by atoms with Crippen molar-refractivity contribution >= 4 is 11.4 Å². The Morgan fingerprint density at radius 3 is 2.83 bits per heavy atom. The molecule has 98 valence electrons. The van der Waals surface area contributed by atoms with Crippen LogP contribution in [0.1, 0.15) is 37.7 Å². The Bertz CT molecular complexity index is 433. The van der Waals surface area contributed by atoms with E-state index >= 15 is 0 Å². The van der Waals surface area contributed by atoms with Crippen molar-refractivity contribution in [1.29, 1.82) is 0 Å². The lowest BCUT2D eigenvalue weighted by Gasteiger charge is -2.42. The predicted molar refractivity (Wildman–Crippen MR) is 74.8 cm³/mol. The van der Waals surface area contributed by atoms with Gasteiger partial charge in [0.15, 0.2) is 0 Å². The van der Waals surface area contributed by atoms with Gasteiger partial charge in [0.1, 0.15) is 0 Å². The fourth-order valence-electron chi connectivity index (χ4n) is 3.45.